The Morgan fingerprint density at radius 1 is 1.20 bits per heavy atom. The molecular formula is C16H20FN3O4S. The monoisotopic (exact) mass is 369 g/mol. The van der Waals surface area contributed by atoms with E-state index in [1.807, 2.05) is 0 Å². The van der Waals surface area contributed by atoms with Crippen molar-refractivity contribution in [3.8, 4) is 0 Å². The van der Waals surface area contributed by atoms with Crippen LogP contribution in [0.1, 0.15) is 25.7 Å². The maximum atomic E-state index is 12.8. The Hall–Kier alpha value is -2.16. The predicted octanol–water partition coefficient (Wildman–Crippen LogP) is 1.17. The van der Waals surface area contributed by atoms with Gasteiger partial charge in [0.1, 0.15) is 5.82 Å². The number of carbonyl (C=O) groups is 2. The molecule has 2 heterocycles. The Morgan fingerprint density at radius 2 is 1.92 bits per heavy atom. The summed E-state index contributed by atoms with van der Waals surface area (Å²) in [6, 6.07) is 4.42. The molecule has 2 fully saturated rings. The topological polar surface area (TPSA) is 104 Å². The van der Waals surface area contributed by atoms with E-state index in [1.165, 1.54) is 24.3 Å². The fourth-order valence-corrected chi connectivity index (χ4v) is 5.66. The minimum absolute atomic E-state index is 0.0356. The van der Waals surface area contributed by atoms with Crippen LogP contribution >= 0.6 is 0 Å². The molecule has 0 aromatic heterocycles. The van der Waals surface area contributed by atoms with E-state index in [2.05, 4.69) is 16.0 Å². The molecule has 0 spiro atoms. The van der Waals surface area contributed by atoms with Crippen LogP contribution in [0.15, 0.2) is 24.3 Å². The van der Waals surface area contributed by atoms with E-state index in [0.717, 1.165) is 0 Å². The van der Waals surface area contributed by atoms with Crippen LogP contribution in [0.4, 0.5) is 14.9 Å². The molecule has 1 aromatic rings. The number of nitrogens with one attached hydrogen (secondary N) is 3. The van der Waals surface area contributed by atoms with Crippen LogP contribution in [-0.2, 0) is 14.6 Å². The van der Waals surface area contributed by atoms with E-state index in [-0.39, 0.29) is 42.0 Å². The van der Waals surface area contributed by atoms with E-state index in [9.17, 15) is 22.4 Å². The summed E-state index contributed by atoms with van der Waals surface area (Å²) in [7, 11) is -3.24. The Labute approximate surface area is 145 Å². The Morgan fingerprint density at radius 3 is 2.64 bits per heavy atom. The lowest BCUT2D eigenvalue weighted by atomic mass is 10.0. The van der Waals surface area contributed by atoms with E-state index >= 15 is 0 Å². The largest absolute Gasteiger partial charge is 0.332 e. The Balaban J connectivity index is 1.44. The second-order valence-corrected chi connectivity index (χ2v) is 8.68. The first kappa shape index (κ1) is 17.7. The molecule has 0 saturated carbocycles. The van der Waals surface area contributed by atoms with Crippen molar-refractivity contribution >= 4 is 27.5 Å². The number of urea groups is 1. The summed E-state index contributed by atoms with van der Waals surface area (Å²) in [5.74, 6) is -0.608. The van der Waals surface area contributed by atoms with E-state index in [1.54, 1.807) is 0 Å². The second kappa shape index (κ2) is 6.99. The van der Waals surface area contributed by atoms with Crippen molar-refractivity contribution in [2.24, 2.45) is 0 Å². The average molecular weight is 369 g/mol. The van der Waals surface area contributed by atoms with Gasteiger partial charge in [0, 0.05) is 12.1 Å². The molecule has 7 nitrogen and oxygen atoms in total. The maximum absolute atomic E-state index is 12.8. The van der Waals surface area contributed by atoms with Gasteiger partial charge in [-0.3, -0.25) is 4.79 Å². The summed E-state index contributed by atoms with van der Waals surface area (Å²) in [6.07, 6.45) is 1.77. The zero-order valence-electron chi connectivity index (χ0n) is 13.5. The molecule has 2 aliphatic heterocycles. The van der Waals surface area contributed by atoms with Gasteiger partial charge in [0.25, 0.3) is 0 Å². The van der Waals surface area contributed by atoms with Crippen LogP contribution in [-0.4, -0.2) is 43.4 Å². The first-order chi connectivity index (χ1) is 11.8. The highest BCUT2D eigenvalue weighted by Crippen LogP contribution is 2.28. The number of hydrogen-bond donors (Lipinski definition) is 3. The molecule has 1 aromatic carbocycles. The lowest BCUT2D eigenvalue weighted by molar-refractivity contribution is -0.116. The van der Waals surface area contributed by atoms with Gasteiger partial charge in [0.2, 0.25) is 5.91 Å². The van der Waals surface area contributed by atoms with Crippen molar-refractivity contribution in [3.05, 3.63) is 30.1 Å². The number of unbranched alkanes of at least 4 members (excludes halogenated alkanes) is 1. The fraction of sp³-hybridized carbons (Fsp3) is 0.500. The lowest BCUT2D eigenvalue weighted by Crippen LogP contribution is -2.39. The fourth-order valence-electron chi connectivity index (χ4n) is 3.39. The third-order valence-corrected chi connectivity index (χ3v) is 6.87. The van der Waals surface area contributed by atoms with Crippen molar-refractivity contribution in [1.29, 1.82) is 0 Å². The van der Waals surface area contributed by atoms with Gasteiger partial charge in [-0.25, -0.2) is 17.6 Å². The van der Waals surface area contributed by atoms with Crippen molar-refractivity contribution < 1.29 is 22.4 Å². The molecule has 0 aliphatic carbocycles. The summed E-state index contributed by atoms with van der Waals surface area (Å²) < 4.78 is 37.2. The summed E-state index contributed by atoms with van der Waals surface area (Å²) in [5, 5.41) is 7.36. The molecule has 9 heteroatoms. The molecule has 0 unspecified atom stereocenters. The number of hydrogen-bond acceptors (Lipinski definition) is 4. The zero-order valence-corrected chi connectivity index (χ0v) is 14.3. The van der Waals surface area contributed by atoms with Gasteiger partial charge in [0.15, 0.2) is 9.84 Å². The van der Waals surface area contributed by atoms with Gasteiger partial charge < -0.3 is 16.0 Å². The third-order valence-electron chi connectivity index (χ3n) is 4.59. The third kappa shape index (κ3) is 4.09. The van der Waals surface area contributed by atoms with Crippen molar-refractivity contribution in [3.63, 3.8) is 0 Å². The maximum Gasteiger partial charge on any atom is 0.315 e. The molecular weight excluding hydrogens is 349 g/mol. The number of halogens is 1. The number of amides is 3. The minimum Gasteiger partial charge on any atom is -0.332 e. The lowest BCUT2D eigenvalue weighted by Gasteiger charge is -2.16. The quantitative estimate of drug-likeness (QED) is 0.517. The summed E-state index contributed by atoms with van der Waals surface area (Å²) >= 11 is 0. The first-order valence-corrected chi connectivity index (χ1v) is 9.91. The van der Waals surface area contributed by atoms with Gasteiger partial charge in [-0.15, -0.1) is 0 Å². The highest BCUT2D eigenvalue weighted by atomic mass is 32.2. The van der Waals surface area contributed by atoms with Crippen LogP contribution in [0.2, 0.25) is 0 Å². The smallest absolute Gasteiger partial charge is 0.315 e. The Kier molecular flexibility index (Phi) is 4.94. The van der Waals surface area contributed by atoms with Crippen LogP contribution in [0, 0.1) is 5.82 Å². The van der Waals surface area contributed by atoms with E-state index in [4.69, 9.17) is 0 Å². The first-order valence-electron chi connectivity index (χ1n) is 8.19. The number of sulfone groups is 1. The number of carbonyl (C=O) groups excluding carboxylic acids is 2. The van der Waals surface area contributed by atoms with Crippen molar-refractivity contribution in [1.82, 2.24) is 10.6 Å². The standard InChI is InChI=1S/C16H20FN3O4S/c17-10-5-7-11(8-6-10)18-14(21)4-2-1-3-13-15-12(9-25(13,23)24)19-16(22)20-15/h5-8,12-13,15H,1-4,9H2,(H,18,21)(H2,19,20,22)/t12-,13+,15+/m0/s1. The molecule has 136 valence electrons. The van der Waals surface area contributed by atoms with Gasteiger partial charge in [0.05, 0.1) is 23.1 Å². The number of anilines is 1. The highest BCUT2D eigenvalue weighted by molar-refractivity contribution is 7.92. The average Bonchev–Trinajstić information content (AvgIpc) is 2.98. The van der Waals surface area contributed by atoms with Crippen LogP contribution < -0.4 is 16.0 Å². The van der Waals surface area contributed by atoms with E-state index < -0.39 is 15.1 Å². The summed E-state index contributed by atoms with van der Waals surface area (Å²) in [4.78, 5) is 23.2. The molecule has 2 saturated heterocycles. The van der Waals surface area contributed by atoms with Gasteiger partial charge in [-0.2, -0.15) is 0 Å². The van der Waals surface area contributed by atoms with E-state index in [0.29, 0.717) is 24.9 Å². The molecule has 2 aliphatic rings. The molecule has 3 amide bonds. The molecule has 3 N–H and O–H groups in total. The number of fused-ring (bicyclic) bond motifs is 1. The van der Waals surface area contributed by atoms with Crippen LogP contribution in [0.3, 0.4) is 0 Å². The normalized spacial score (nSPS) is 26.6. The van der Waals surface area contributed by atoms with Crippen molar-refractivity contribution in [2.45, 2.75) is 43.0 Å². The number of benzene rings is 1. The molecule has 25 heavy (non-hydrogen) atoms. The molecule has 0 radical (unpaired) electrons. The summed E-state index contributed by atoms with van der Waals surface area (Å²) in [5.41, 5.74) is 0.521. The Bertz CT molecular complexity index is 766. The summed E-state index contributed by atoms with van der Waals surface area (Å²) in [6.45, 7) is 0. The second-order valence-electron chi connectivity index (χ2n) is 6.42. The van der Waals surface area contributed by atoms with Gasteiger partial charge >= 0.3 is 6.03 Å². The molecule has 3 rings (SSSR count). The van der Waals surface area contributed by atoms with Gasteiger partial charge in [-0.05, 0) is 37.1 Å². The highest BCUT2D eigenvalue weighted by Gasteiger charge is 2.51. The van der Waals surface area contributed by atoms with Gasteiger partial charge in [-0.1, -0.05) is 6.42 Å². The van der Waals surface area contributed by atoms with Crippen molar-refractivity contribution in [2.75, 3.05) is 11.1 Å². The minimum atomic E-state index is -3.24. The molecule has 3 atom stereocenters. The zero-order chi connectivity index (χ0) is 18.0. The SMILES string of the molecule is O=C(CCCC[C@@H]1[C@@H]2NC(=O)N[C@H]2CS1(=O)=O)Nc1ccc(F)cc1. The predicted molar refractivity (Wildman–Crippen MR) is 90.3 cm³/mol. The molecule has 0 bridgehead atoms. The van der Waals surface area contributed by atoms with Crippen LogP contribution in [0.25, 0.3) is 0 Å². The van der Waals surface area contributed by atoms with Crippen LogP contribution in [0.5, 0.6) is 0 Å². The number of rotatable bonds is 6.